The lowest BCUT2D eigenvalue weighted by Gasteiger charge is -2.35. The van der Waals surface area contributed by atoms with E-state index in [-0.39, 0.29) is 17.3 Å². The number of anilines is 1. The van der Waals surface area contributed by atoms with Crippen LogP contribution in [0.3, 0.4) is 0 Å². The second kappa shape index (κ2) is 8.74. The molecule has 0 spiro atoms. The van der Waals surface area contributed by atoms with Crippen molar-refractivity contribution in [2.75, 3.05) is 38.0 Å². The molecule has 1 saturated heterocycles. The lowest BCUT2D eigenvalue weighted by molar-refractivity contribution is 0.148. The van der Waals surface area contributed by atoms with Gasteiger partial charge in [0.25, 0.3) is 0 Å². The highest BCUT2D eigenvalue weighted by Gasteiger charge is 2.23. The molecular weight excluding hydrogens is 353 g/mol. The quantitative estimate of drug-likeness (QED) is 0.843. The van der Waals surface area contributed by atoms with Crippen molar-refractivity contribution in [2.45, 2.75) is 32.6 Å². The number of hydrogen-bond acceptors (Lipinski definition) is 2. The summed E-state index contributed by atoms with van der Waals surface area (Å²) in [7, 11) is 0. The van der Waals surface area contributed by atoms with E-state index in [0.29, 0.717) is 13.1 Å². The molecule has 0 aromatic heterocycles. The van der Waals surface area contributed by atoms with E-state index in [1.807, 2.05) is 35.2 Å². The summed E-state index contributed by atoms with van der Waals surface area (Å²) < 4.78 is 13.0. The fraction of sp³-hybridized carbons (Fsp3) is 0.435. The van der Waals surface area contributed by atoms with E-state index in [0.717, 1.165) is 42.9 Å². The van der Waals surface area contributed by atoms with Gasteiger partial charge in [-0.3, -0.25) is 4.90 Å². The molecule has 2 aromatic rings. The Morgan fingerprint density at radius 1 is 1.00 bits per heavy atom. The number of para-hydroxylation sites is 1. The summed E-state index contributed by atoms with van der Waals surface area (Å²) in [6.45, 7) is 10.5. The van der Waals surface area contributed by atoms with Crippen molar-refractivity contribution < 1.29 is 9.18 Å². The van der Waals surface area contributed by atoms with Crippen LogP contribution in [0.4, 0.5) is 14.9 Å². The summed E-state index contributed by atoms with van der Waals surface area (Å²) >= 11 is 0. The van der Waals surface area contributed by atoms with Gasteiger partial charge in [0.1, 0.15) is 5.82 Å². The first-order chi connectivity index (χ1) is 13.3. The lowest BCUT2D eigenvalue weighted by Crippen LogP contribution is -2.50. The Bertz CT molecular complexity index is 790. The predicted octanol–water partition coefficient (Wildman–Crippen LogP) is 4.52. The zero-order valence-corrected chi connectivity index (χ0v) is 17.0. The summed E-state index contributed by atoms with van der Waals surface area (Å²) in [5.74, 6) is -0.198. The molecule has 0 saturated carbocycles. The van der Waals surface area contributed by atoms with Crippen LogP contribution >= 0.6 is 0 Å². The minimum absolute atomic E-state index is 0.0249. The van der Waals surface area contributed by atoms with Gasteiger partial charge in [-0.1, -0.05) is 51.1 Å². The van der Waals surface area contributed by atoms with Crippen LogP contribution in [0.5, 0.6) is 0 Å². The standard InChI is InChI=1S/C23H30FN3O/c1-23(2,3)20-6-4-5-7-21(20)25-22(28)27-16-14-26(15-17-27)13-12-18-8-10-19(24)11-9-18/h4-11H,12-17H2,1-3H3,(H,25,28). The summed E-state index contributed by atoms with van der Waals surface area (Å²) in [4.78, 5) is 17.0. The van der Waals surface area contributed by atoms with Crippen molar-refractivity contribution in [3.8, 4) is 0 Å². The van der Waals surface area contributed by atoms with Crippen molar-refractivity contribution in [1.29, 1.82) is 0 Å². The van der Waals surface area contributed by atoms with E-state index in [9.17, 15) is 9.18 Å². The number of nitrogens with one attached hydrogen (secondary N) is 1. The third-order valence-electron chi connectivity index (χ3n) is 5.27. The number of benzene rings is 2. The Hall–Kier alpha value is -2.40. The molecule has 150 valence electrons. The number of urea groups is 1. The highest BCUT2D eigenvalue weighted by molar-refractivity contribution is 5.90. The van der Waals surface area contributed by atoms with E-state index in [1.54, 1.807) is 0 Å². The topological polar surface area (TPSA) is 35.6 Å². The SMILES string of the molecule is CC(C)(C)c1ccccc1NC(=O)N1CCN(CCc2ccc(F)cc2)CC1. The number of rotatable bonds is 4. The Morgan fingerprint density at radius 2 is 1.64 bits per heavy atom. The monoisotopic (exact) mass is 383 g/mol. The van der Waals surface area contributed by atoms with Crippen LogP contribution < -0.4 is 5.32 Å². The molecule has 2 amide bonds. The summed E-state index contributed by atoms with van der Waals surface area (Å²) in [5, 5.41) is 3.10. The average Bonchev–Trinajstić information content (AvgIpc) is 2.67. The van der Waals surface area contributed by atoms with Crippen LogP contribution in [0.25, 0.3) is 0 Å². The number of amides is 2. The molecule has 1 heterocycles. The van der Waals surface area contributed by atoms with Crippen molar-refractivity contribution in [2.24, 2.45) is 0 Å². The van der Waals surface area contributed by atoms with Crippen LogP contribution in [-0.4, -0.2) is 48.6 Å². The number of piperazine rings is 1. The molecule has 1 fully saturated rings. The molecule has 1 aliphatic heterocycles. The van der Waals surface area contributed by atoms with Gasteiger partial charge in [-0.15, -0.1) is 0 Å². The summed E-state index contributed by atoms with van der Waals surface area (Å²) in [6, 6.07) is 14.7. The van der Waals surface area contributed by atoms with Gasteiger partial charge in [-0.05, 0) is 41.2 Å². The van der Waals surface area contributed by atoms with E-state index >= 15 is 0 Å². The van der Waals surface area contributed by atoms with Crippen LogP contribution in [0.2, 0.25) is 0 Å². The molecule has 2 aromatic carbocycles. The molecule has 5 heteroatoms. The second-order valence-corrected chi connectivity index (χ2v) is 8.43. The highest BCUT2D eigenvalue weighted by atomic mass is 19.1. The number of carbonyl (C=O) groups excluding carboxylic acids is 1. The minimum atomic E-state index is -0.198. The molecule has 0 atom stereocenters. The summed E-state index contributed by atoms with van der Waals surface area (Å²) in [5.41, 5.74) is 3.14. The Morgan fingerprint density at radius 3 is 2.29 bits per heavy atom. The second-order valence-electron chi connectivity index (χ2n) is 8.43. The third kappa shape index (κ3) is 5.32. The van der Waals surface area contributed by atoms with Gasteiger partial charge in [-0.2, -0.15) is 0 Å². The van der Waals surface area contributed by atoms with Crippen LogP contribution in [0.15, 0.2) is 48.5 Å². The van der Waals surface area contributed by atoms with Gasteiger partial charge in [0, 0.05) is 38.4 Å². The number of hydrogen-bond donors (Lipinski definition) is 1. The van der Waals surface area contributed by atoms with Gasteiger partial charge < -0.3 is 10.2 Å². The van der Waals surface area contributed by atoms with Crippen molar-refractivity contribution in [1.82, 2.24) is 9.80 Å². The normalized spacial score (nSPS) is 15.5. The molecule has 4 nitrogen and oxygen atoms in total. The first kappa shape index (κ1) is 20.3. The molecular formula is C23H30FN3O. The van der Waals surface area contributed by atoms with Crippen molar-refractivity contribution in [3.05, 3.63) is 65.5 Å². The Labute approximate surface area is 167 Å². The fourth-order valence-corrected chi connectivity index (χ4v) is 3.55. The van der Waals surface area contributed by atoms with Crippen LogP contribution in [0, 0.1) is 5.82 Å². The minimum Gasteiger partial charge on any atom is -0.322 e. The molecule has 3 rings (SSSR count). The average molecular weight is 384 g/mol. The van der Waals surface area contributed by atoms with E-state index in [4.69, 9.17) is 0 Å². The predicted molar refractivity (Wildman–Crippen MR) is 112 cm³/mol. The molecule has 1 aliphatic rings. The Kier molecular flexibility index (Phi) is 6.35. The van der Waals surface area contributed by atoms with Crippen LogP contribution in [0.1, 0.15) is 31.9 Å². The number of halogens is 1. The maximum absolute atomic E-state index is 13.0. The summed E-state index contributed by atoms with van der Waals surface area (Å²) in [6.07, 6.45) is 0.894. The smallest absolute Gasteiger partial charge is 0.321 e. The van der Waals surface area contributed by atoms with E-state index < -0.39 is 0 Å². The molecule has 0 aliphatic carbocycles. The van der Waals surface area contributed by atoms with Gasteiger partial charge in [-0.25, -0.2) is 9.18 Å². The Balaban J connectivity index is 1.50. The first-order valence-corrected chi connectivity index (χ1v) is 9.95. The molecule has 0 radical (unpaired) electrons. The van der Waals surface area contributed by atoms with Crippen molar-refractivity contribution >= 4 is 11.7 Å². The van der Waals surface area contributed by atoms with E-state index in [1.165, 1.54) is 12.1 Å². The largest absolute Gasteiger partial charge is 0.322 e. The highest BCUT2D eigenvalue weighted by Crippen LogP contribution is 2.29. The van der Waals surface area contributed by atoms with E-state index in [2.05, 4.69) is 37.1 Å². The molecule has 0 bridgehead atoms. The number of nitrogens with zero attached hydrogens (tertiary/aromatic N) is 2. The van der Waals surface area contributed by atoms with Gasteiger partial charge in [0.2, 0.25) is 0 Å². The van der Waals surface area contributed by atoms with Crippen LogP contribution in [-0.2, 0) is 11.8 Å². The maximum Gasteiger partial charge on any atom is 0.321 e. The van der Waals surface area contributed by atoms with Gasteiger partial charge in [0.15, 0.2) is 0 Å². The zero-order chi connectivity index (χ0) is 20.1. The lowest BCUT2D eigenvalue weighted by atomic mass is 9.86. The van der Waals surface area contributed by atoms with Gasteiger partial charge >= 0.3 is 6.03 Å². The number of carbonyl (C=O) groups is 1. The molecule has 28 heavy (non-hydrogen) atoms. The van der Waals surface area contributed by atoms with Gasteiger partial charge in [0.05, 0.1) is 0 Å². The maximum atomic E-state index is 13.0. The van der Waals surface area contributed by atoms with Crippen molar-refractivity contribution in [3.63, 3.8) is 0 Å². The fourth-order valence-electron chi connectivity index (χ4n) is 3.55. The zero-order valence-electron chi connectivity index (χ0n) is 17.0. The molecule has 1 N–H and O–H groups in total. The molecule has 0 unspecified atom stereocenters. The first-order valence-electron chi connectivity index (χ1n) is 9.95. The third-order valence-corrected chi connectivity index (χ3v) is 5.27.